The van der Waals surface area contributed by atoms with Crippen LogP contribution in [0, 0.1) is 0 Å². The lowest BCUT2D eigenvalue weighted by Crippen LogP contribution is -2.45. The van der Waals surface area contributed by atoms with Crippen molar-refractivity contribution in [2.24, 2.45) is 0 Å². The molecule has 28 heavy (non-hydrogen) atoms. The number of rotatable bonds is 5. The summed E-state index contributed by atoms with van der Waals surface area (Å²) in [5.74, 6) is -1.01. The van der Waals surface area contributed by atoms with Crippen LogP contribution in [0.25, 0.3) is 11.1 Å². The van der Waals surface area contributed by atoms with Gasteiger partial charge in [0.1, 0.15) is 11.6 Å². The molecule has 7 nitrogen and oxygen atoms in total. The highest BCUT2D eigenvalue weighted by Crippen LogP contribution is 2.30. The minimum Gasteiger partial charge on any atom is -0.504 e. The number of methoxy groups -OCH3 is 1. The van der Waals surface area contributed by atoms with Crippen LogP contribution < -0.4 is 5.32 Å². The number of alkyl carbamates (subject to hydrolysis) is 1. The Balaban J connectivity index is 2.21. The van der Waals surface area contributed by atoms with Gasteiger partial charge in [-0.2, -0.15) is 0 Å². The Kier molecular flexibility index (Phi) is 6.51. The molecular weight excluding hydrogens is 362 g/mol. The molecule has 0 unspecified atom stereocenters. The van der Waals surface area contributed by atoms with Crippen molar-refractivity contribution in [3.05, 3.63) is 48.0 Å². The third-order valence-electron chi connectivity index (χ3n) is 3.85. The SMILES string of the molecule is COC(=O)[C@H](Cc1cccc(-c2ccc(O)c(O)c2)c1)NC(=O)OC(C)(C)C. The molecule has 0 saturated heterocycles. The van der Waals surface area contributed by atoms with E-state index in [0.29, 0.717) is 5.56 Å². The molecule has 1 amide bonds. The zero-order valence-electron chi connectivity index (χ0n) is 16.4. The number of phenols is 2. The van der Waals surface area contributed by atoms with Crippen molar-refractivity contribution in [2.75, 3.05) is 7.11 Å². The van der Waals surface area contributed by atoms with E-state index in [1.54, 1.807) is 32.9 Å². The van der Waals surface area contributed by atoms with Crippen LogP contribution in [-0.4, -0.2) is 41.0 Å². The number of nitrogens with one attached hydrogen (secondary N) is 1. The lowest BCUT2D eigenvalue weighted by molar-refractivity contribution is -0.143. The Bertz CT molecular complexity index is 856. The van der Waals surface area contributed by atoms with Gasteiger partial charge in [-0.1, -0.05) is 30.3 Å². The fourth-order valence-corrected chi connectivity index (χ4v) is 2.60. The summed E-state index contributed by atoms with van der Waals surface area (Å²) >= 11 is 0. The summed E-state index contributed by atoms with van der Waals surface area (Å²) in [6.45, 7) is 5.20. The van der Waals surface area contributed by atoms with Crippen molar-refractivity contribution in [1.29, 1.82) is 0 Å². The second-order valence-corrected chi connectivity index (χ2v) is 7.33. The lowest BCUT2D eigenvalue weighted by atomic mass is 9.99. The molecular formula is C21H25NO6. The van der Waals surface area contributed by atoms with Gasteiger partial charge in [-0.15, -0.1) is 0 Å². The quantitative estimate of drug-likeness (QED) is 0.537. The van der Waals surface area contributed by atoms with Gasteiger partial charge in [0.15, 0.2) is 11.5 Å². The largest absolute Gasteiger partial charge is 0.504 e. The molecule has 2 aromatic rings. The molecule has 0 fully saturated rings. The highest BCUT2D eigenvalue weighted by Gasteiger charge is 2.25. The van der Waals surface area contributed by atoms with E-state index >= 15 is 0 Å². The normalized spacial score (nSPS) is 12.1. The van der Waals surface area contributed by atoms with E-state index in [9.17, 15) is 19.8 Å². The first kappa shape index (κ1) is 21.1. The number of hydrogen-bond acceptors (Lipinski definition) is 6. The lowest BCUT2D eigenvalue weighted by Gasteiger charge is -2.22. The maximum Gasteiger partial charge on any atom is 0.408 e. The van der Waals surface area contributed by atoms with Crippen LogP contribution in [0.4, 0.5) is 4.79 Å². The number of ether oxygens (including phenoxy) is 2. The van der Waals surface area contributed by atoms with Gasteiger partial charge in [-0.25, -0.2) is 9.59 Å². The number of hydrogen-bond donors (Lipinski definition) is 3. The van der Waals surface area contributed by atoms with Gasteiger partial charge in [0.05, 0.1) is 7.11 Å². The van der Waals surface area contributed by atoms with Crippen molar-refractivity contribution >= 4 is 12.1 Å². The molecule has 2 rings (SSSR count). The van der Waals surface area contributed by atoms with Crippen LogP contribution in [-0.2, 0) is 20.7 Å². The molecule has 0 spiro atoms. The Hall–Kier alpha value is -3.22. The van der Waals surface area contributed by atoms with E-state index in [0.717, 1.165) is 11.1 Å². The number of carbonyl (C=O) groups is 2. The van der Waals surface area contributed by atoms with Crippen molar-refractivity contribution in [3.63, 3.8) is 0 Å². The number of phenolic OH excluding ortho intramolecular Hbond substituents is 2. The van der Waals surface area contributed by atoms with Crippen molar-refractivity contribution < 1.29 is 29.3 Å². The van der Waals surface area contributed by atoms with Crippen LogP contribution in [0.1, 0.15) is 26.3 Å². The second kappa shape index (κ2) is 8.65. The molecule has 1 atom stereocenters. The van der Waals surface area contributed by atoms with E-state index in [2.05, 4.69) is 5.32 Å². The number of benzene rings is 2. The number of aromatic hydroxyl groups is 2. The van der Waals surface area contributed by atoms with Gasteiger partial charge in [0, 0.05) is 6.42 Å². The highest BCUT2D eigenvalue weighted by atomic mass is 16.6. The molecule has 0 aliphatic carbocycles. The summed E-state index contributed by atoms with van der Waals surface area (Å²) in [6, 6.07) is 10.9. The summed E-state index contributed by atoms with van der Waals surface area (Å²) in [5, 5.41) is 21.7. The van der Waals surface area contributed by atoms with Crippen molar-refractivity contribution in [3.8, 4) is 22.6 Å². The summed E-state index contributed by atoms with van der Waals surface area (Å²) in [6.07, 6.45) is -0.508. The Labute approximate surface area is 163 Å². The van der Waals surface area contributed by atoms with Crippen LogP contribution >= 0.6 is 0 Å². The number of esters is 1. The third-order valence-corrected chi connectivity index (χ3v) is 3.85. The summed E-state index contributed by atoms with van der Waals surface area (Å²) in [5.41, 5.74) is 1.57. The minimum absolute atomic E-state index is 0.198. The van der Waals surface area contributed by atoms with Gasteiger partial charge in [-0.3, -0.25) is 0 Å². The van der Waals surface area contributed by atoms with Crippen LogP contribution in [0.2, 0.25) is 0 Å². The Morgan fingerprint density at radius 2 is 1.71 bits per heavy atom. The van der Waals surface area contributed by atoms with E-state index in [1.165, 1.54) is 19.2 Å². The third kappa shape index (κ3) is 5.90. The van der Waals surface area contributed by atoms with Crippen molar-refractivity contribution in [1.82, 2.24) is 5.32 Å². The molecule has 150 valence electrons. The van der Waals surface area contributed by atoms with Crippen LogP contribution in [0.15, 0.2) is 42.5 Å². The smallest absolute Gasteiger partial charge is 0.408 e. The van der Waals surface area contributed by atoms with Gasteiger partial charge in [0.2, 0.25) is 0 Å². The zero-order chi connectivity index (χ0) is 20.9. The molecule has 0 aliphatic rings. The van der Waals surface area contributed by atoms with Gasteiger partial charge >= 0.3 is 12.1 Å². The molecule has 7 heteroatoms. The molecule has 0 aliphatic heterocycles. The van der Waals surface area contributed by atoms with Crippen LogP contribution in [0.3, 0.4) is 0 Å². The minimum atomic E-state index is -0.914. The second-order valence-electron chi connectivity index (χ2n) is 7.33. The molecule has 0 aromatic heterocycles. The standard InChI is InChI=1S/C21H25NO6/c1-21(2,3)28-20(26)22-16(19(25)27-4)11-13-6-5-7-14(10-13)15-8-9-17(23)18(24)12-15/h5-10,12,16,23-24H,11H2,1-4H3,(H,22,26)/t16-/m0/s1. The average molecular weight is 387 g/mol. The zero-order valence-corrected chi connectivity index (χ0v) is 16.4. The van der Waals surface area contributed by atoms with Crippen LogP contribution in [0.5, 0.6) is 11.5 Å². The Morgan fingerprint density at radius 1 is 1.04 bits per heavy atom. The van der Waals surface area contributed by atoms with E-state index < -0.39 is 23.7 Å². The number of carbonyl (C=O) groups excluding carboxylic acids is 2. The average Bonchev–Trinajstić information content (AvgIpc) is 2.61. The molecule has 0 radical (unpaired) electrons. The summed E-state index contributed by atoms with van der Waals surface area (Å²) in [7, 11) is 1.25. The van der Waals surface area contributed by atoms with Gasteiger partial charge < -0.3 is 25.0 Å². The topological polar surface area (TPSA) is 105 Å². The maximum atomic E-state index is 12.1. The summed E-state index contributed by atoms with van der Waals surface area (Å²) < 4.78 is 10.00. The molecule has 2 aromatic carbocycles. The monoisotopic (exact) mass is 387 g/mol. The van der Waals surface area contributed by atoms with E-state index in [1.807, 2.05) is 18.2 Å². The van der Waals surface area contributed by atoms with Gasteiger partial charge in [-0.05, 0) is 49.6 Å². The van der Waals surface area contributed by atoms with Crippen molar-refractivity contribution in [2.45, 2.75) is 38.8 Å². The van der Waals surface area contributed by atoms with E-state index in [-0.39, 0.29) is 17.9 Å². The number of amides is 1. The predicted molar refractivity (Wildman–Crippen MR) is 104 cm³/mol. The highest BCUT2D eigenvalue weighted by molar-refractivity contribution is 5.81. The molecule has 0 saturated carbocycles. The predicted octanol–water partition coefficient (Wildman–Crippen LogP) is 3.37. The molecule has 3 N–H and O–H groups in total. The van der Waals surface area contributed by atoms with E-state index in [4.69, 9.17) is 9.47 Å². The fraction of sp³-hybridized carbons (Fsp3) is 0.333. The Morgan fingerprint density at radius 3 is 2.32 bits per heavy atom. The first-order valence-corrected chi connectivity index (χ1v) is 8.77. The first-order valence-electron chi connectivity index (χ1n) is 8.77. The van der Waals surface area contributed by atoms with Gasteiger partial charge in [0.25, 0.3) is 0 Å². The summed E-state index contributed by atoms with van der Waals surface area (Å²) in [4.78, 5) is 24.1. The first-order chi connectivity index (χ1) is 13.1. The molecule has 0 heterocycles. The fourth-order valence-electron chi connectivity index (χ4n) is 2.60. The maximum absolute atomic E-state index is 12.1. The molecule has 0 bridgehead atoms.